The fourth-order valence-electron chi connectivity index (χ4n) is 1.54. The number of carbonyl (C=O) groups excluding carboxylic acids is 1. The number of rotatable bonds is 3. The summed E-state index contributed by atoms with van der Waals surface area (Å²) in [5, 5.41) is 8.44. The molecule has 1 amide bonds. The van der Waals surface area contributed by atoms with Crippen molar-refractivity contribution >= 4 is 12.1 Å². The molecule has 0 aliphatic carbocycles. The Labute approximate surface area is 88.3 Å². The maximum Gasteiger partial charge on any atom is 0.409 e. The highest BCUT2D eigenvalue weighted by atomic mass is 16.6. The molecule has 15 heavy (non-hydrogen) atoms. The van der Waals surface area contributed by atoms with E-state index in [1.165, 1.54) is 0 Å². The van der Waals surface area contributed by atoms with Crippen LogP contribution >= 0.6 is 0 Å². The second kappa shape index (κ2) is 5.38. The van der Waals surface area contributed by atoms with Gasteiger partial charge in [-0.3, -0.25) is 0 Å². The van der Waals surface area contributed by atoms with Crippen LogP contribution in [0.2, 0.25) is 0 Å². The van der Waals surface area contributed by atoms with Crippen LogP contribution in [0, 0.1) is 5.92 Å². The minimum absolute atomic E-state index is 0.130. The first-order valence-corrected chi connectivity index (χ1v) is 4.96. The van der Waals surface area contributed by atoms with E-state index in [-0.39, 0.29) is 12.0 Å². The van der Waals surface area contributed by atoms with Gasteiger partial charge in [-0.05, 0) is 19.3 Å². The van der Waals surface area contributed by atoms with Gasteiger partial charge in [0.25, 0.3) is 0 Å². The zero-order chi connectivity index (χ0) is 11.3. The monoisotopic (exact) mass is 213 g/mol. The van der Waals surface area contributed by atoms with Crippen molar-refractivity contribution in [1.82, 2.24) is 4.90 Å². The Balaban J connectivity index is 2.38. The molecule has 1 N–H and O–H groups in total. The normalized spacial score (nSPS) is 20.9. The lowest BCUT2D eigenvalue weighted by Gasteiger charge is -2.14. The van der Waals surface area contributed by atoms with E-state index < -0.39 is 5.97 Å². The molecule has 1 aliphatic rings. The van der Waals surface area contributed by atoms with Crippen LogP contribution in [0.15, 0.2) is 12.2 Å². The highest BCUT2D eigenvalue weighted by molar-refractivity contribution is 5.79. The van der Waals surface area contributed by atoms with Crippen molar-refractivity contribution in [2.45, 2.75) is 13.3 Å². The predicted molar refractivity (Wildman–Crippen MR) is 53.5 cm³/mol. The zero-order valence-electron chi connectivity index (χ0n) is 8.68. The van der Waals surface area contributed by atoms with E-state index in [9.17, 15) is 9.59 Å². The van der Waals surface area contributed by atoms with Crippen LogP contribution in [0.1, 0.15) is 13.3 Å². The van der Waals surface area contributed by atoms with E-state index >= 15 is 0 Å². The van der Waals surface area contributed by atoms with Gasteiger partial charge in [0.2, 0.25) is 0 Å². The first-order chi connectivity index (χ1) is 7.13. The Morgan fingerprint density at radius 3 is 2.93 bits per heavy atom. The highest BCUT2D eigenvalue weighted by Gasteiger charge is 2.25. The zero-order valence-corrected chi connectivity index (χ0v) is 8.68. The molecule has 1 aliphatic heterocycles. The van der Waals surface area contributed by atoms with Gasteiger partial charge in [-0.25, -0.2) is 9.59 Å². The van der Waals surface area contributed by atoms with Crippen molar-refractivity contribution in [3.05, 3.63) is 12.2 Å². The maximum absolute atomic E-state index is 11.3. The highest BCUT2D eigenvalue weighted by Crippen LogP contribution is 2.18. The van der Waals surface area contributed by atoms with Crippen molar-refractivity contribution in [1.29, 1.82) is 0 Å². The Bertz CT molecular complexity index is 275. The van der Waals surface area contributed by atoms with E-state index in [2.05, 4.69) is 0 Å². The molecule has 1 unspecified atom stereocenters. The van der Waals surface area contributed by atoms with Gasteiger partial charge in [0, 0.05) is 19.2 Å². The molecular weight excluding hydrogens is 198 g/mol. The standard InChI is InChI=1S/C10H15NO4/c1-2-15-10(14)11-6-5-8(7-11)3-4-9(12)13/h3-4,8H,2,5-7H2,1H3,(H,12,13)/b4-3+. The Morgan fingerprint density at radius 1 is 1.60 bits per heavy atom. The smallest absolute Gasteiger partial charge is 0.409 e. The molecule has 0 radical (unpaired) electrons. The van der Waals surface area contributed by atoms with Crippen LogP contribution in [0.3, 0.4) is 0 Å². The number of aliphatic carboxylic acids is 1. The quantitative estimate of drug-likeness (QED) is 0.713. The molecule has 0 saturated carbocycles. The Kier molecular flexibility index (Phi) is 4.15. The van der Waals surface area contributed by atoms with E-state index in [4.69, 9.17) is 9.84 Å². The van der Waals surface area contributed by atoms with Gasteiger partial charge >= 0.3 is 12.1 Å². The predicted octanol–water partition coefficient (Wildman–Crippen LogP) is 1.11. The van der Waals surface area contributed by atoms with E-state index in [0.29, 0.717) is 19.7 Å². The number of hydrogen-bond acceptors (Lipinski definition) is 3. The number of amides is 1. The number of hydrogen-bond donors (Lipinski definition) is 1. The van der Waals surface area contributed by atoms with Crippen LogP contribution in [0.25, 0.3) is 0 Å². The molecular formula is C10H15NO4. The summed E-state index contributed by atoms with van der Waals surface area (Å²) in [5.41, 5.74) is 0. The van der Waals surface area contributed by atoms with Gasteiger partial charge in [-0.1, -0.05) is 6.08 Å². The van der Waals surface area contributed by atoms with Crippen molar-refractivity contribution < 1.29 is 19.4 Å². The number of likely N-dealkylation sites (tertiary alicyclic amines) is 1. The molecule has 1 heterocycles. The number of carboxylic acid groups (broad SMARTS) is 1. The fraction of sp³-hybridized carbons (Fsp3) is 0.600. The Hall–Kier alpha value is -1.52. The Morgan fingerprint density at radius 2 is 2.33 bits per heavy atom. The first kappa shape index (κ1) is 11.6. The summed E-state index contributed by atoms with van der Waals surface area (Å²) in [4.78, 5) is 23.2. The number of carbonyl (C=O) groups is 2. The minimum atomic E-state index is -0.954. The average molecular weight is 213 g/mol. The molecule has 1 fully saturated rings. The third kappa shape index (κ3) is 3.61. The molecule has 1 saturated heterocycles. The third-order valence-electron chi connectivity index (χ3n) is 2.26. The van der Waals surface area contributed by atoms with Crippen LogP contribution in [0.5, 0.6) is 0 Å². The summed E-state index contributed by atoms with van der Waals surface area (Å²) in [6.07, 6.45) is 3.23. The van der Waals surface area contributed by atoms with Crippen molar-refractivity contribution in [2.75, 3.05) is 19.7 Å². The average Bonchev–Trinajstić information content (AvgIpc) is 2.63. The molecule has 0 bridgehead atoms. The molecule has 0 aromatic rings. The number of ether oxygens (including phenoxy) is 1. The molecule has 0 aromatic heterocycles. The summed E-state index contributed by atoms with van der Waals surface area (Å²) in [6.45, 7) is 3.30. The number of carboxylic acids is 1. The van der Waals surface area contributed by atoms with E-state index in [1.807, 2.05) is 0 Å². The summed E-state index contributed by atoms with van der Waals surface area (Å²) >= 11 is 0. The first-order valence-electron chi connectivity index (χ1n) is 4.96. The molecule has 1 atom stereocenters. The molecule has 5 heteroatoms. The van der Waals surface area contributed by atoms with E-state index in [0.717, 1.165) is 12.5 Å². The van der Waals surface area contributed by atoms with Crippen molar-refractivity contribution in [2.24, 2.45) is 5.92 Å². The van der Waals surface area contributed by atoms with Crippen LogP contribution in [-0.4, -0.2) is 41.8 Å². The van der Waals surface area contributed by atoms with Crippen molar-refractivity contribution in [3.8, 4) is 0 Å². The SMILES string of the molecule is CCOC(=O)N1CCC(/C=C/C(=O)O)C1. The van der Waals surface area contributed by atoms with Gasteiger partial charge < -0.3 is 14.7 Å². The van der Waals surface area contributed by atoms with E-state index in [1.54, 1.807) is 17.9 Å². The van der Waals surface area contributed by atoms with Gasteiger partial charge in [0.1, 0.15) is 0 Å². The van der Waals surface area contributed by atoms with Crippen LogP contribution < -0.4 is 0 Å². The number of nitrogens with zero attached hydrogens (tertiary/aromatic N) is 1. The van der Waals surface area contributed by atoms with Gasteiger partial charge in [-0.15, -0.1) is 0 Å². The van der Waals surface area contributed by atoms with Gasteiger partial charge in [0.15, 0.2) is 0 Å². The minimum Gasteiger partial charge on any atom is -0.478 e. The third-order valence-corrected chi connectivity index (χ3v) is 2.26. The lowest BCUT2D eigenvalue weighted by Crippen LogP contribution is -2.29. The summed E-state index contributed by atoms with van der Waals surface area (Å²) in [6, 6.07) is 0. The second-order valence-corrected chi connectivity index (χ2v) is 3.39. The van der Waals surface area contributed by atoms with Crippen LogP contribution in [0.4, 0.5) is 4.79 Å². The molecule has 0 spiro atoms. The lowest BCUT2D eigenvalue weighted by molar-refractivity contribution is -0.131. The molecule has 0 aromatic carbocycles. The van der Waals surface area contributed by atoms with Crippen LogP contribution in [-0.2, 0) is 9.53 Å². The lowest BCUT2D eigenvalue weighted by atomic mass is 10.1. The van der Waals surface area contributed by atoms with Gasteiger partial charge in [0.05, 0.1) is 6.61 Å². The fourth-order valence-corrected chi connectivity index (χ4v) is 1.54. The summed E-state index contributed by atoms with van der Waals surface area (Å²) in [5.74, 6) is -0.824. The topological polar surface area (TPSA) is 66.8 Å². The molecule has 84 valence electrons. The maximum atomic E-state index is 11.3. The molecule has 1 rings (SSSR count). The summed E-state index contributed by atoms with van der Waals surface area (Å²) in [7, 11) is 0. The second-order valence-electron chi connectivity index (χ2n) is 3.39. The van der Waals surface area contributed by atoms with Gasteiger partial charge in [-0.2, -0.15) is 0 Å². The van der Waals surface area contributed by atoms with Crippen molar-refractivity contribution in [3.63, 3.8) is 0 Å². The molecule has 5 nitrogen and oxygen atoms in total. The summed E-state index contributed by atoms with van der Waals surface area (Å²) < 4.78 is 4.85. The largest absolute Gasteiger partial charge is 0.478 e.